The Hall–Kier alpha value is -1.52. The lowest BCUT2D eigenvalue weighted by atomic mass is 10.1. The predicted molar refractivity (Wildman–Crippen MR) is 93.8 cm³/mol. The molecule has 1 aliphatic rings. The Morgan fingerprint density at radius 1 is 1.50 bits per heavy atom. The van der Waals surface area contributed by atoms with Gasteiger partial charge in [-0.2, -0.15) is 0 Å². The molecule has 3 rings (SSSR count). The number of hydrogen-bond donors (Lipinski definition) is 2. The molecule has 5 heteroatoms. The van der Waals surface area contributed by atoms with Crippen LogP contribution < -0.4 is 10.6 Å². The fourth-order valence-corrected chi connectivity index (χ4v) is 4.07. The highest BCUT2D eigenvalue weighted by Crippen LogP contribution is 2.39. The van der Waals surface area contributed by atoms with E-state index < -0.39 is 0 Å². The first-order valence-electron chi connectivity index (χ1n) is 7.35. The van der Waals surface area contributed by atoms with Gasteiger partial charge in [0.15, 0.2) is 0 Å². The number of aryl methyl sites for hydroxylation is 1. The molecule has 22 heavy (non-hydrogen) atoms. The average molecular weight is 335 g/mol. The summed E-state index contributed by atoms with van der Waals surface area (Å²) in [5.74, 6) is -0.0421. The first-order valence-corrected chi connectivity index (χ1v) is 8.54. The third kappa shape index (κ3) is 2.61. The summed E-state index contributed by atoms with van der Waals surface area (Å²) in [5, 5.41) is 8.12. The van der Waals surface area contributed by atoms with Crippen molar-refractivity contribution in [2.45, 2.75) is 38.3 Å². The predicted octanol–water partition coefficient (Wildman–Crippen LogP) is 4.25. The summed E-state index contributed by atoms with van der Waals surface area (Å²) in [6.07, 6.45) is 3.81. The number of halogens is 1. The van der Waals surface area contributed by atoms with Gasteiger partial charge < -0.3 is 10.6 Å². The minimum Gasteiger partial charge on any atom is -0.384 e. The molecule has 1 saturated carbocycles. The Balaban J connectivity index is 1.81. The number of fused-ring (bicyclic) bond motifs is 1. The van der Waals surface area contributed by atoms with Crippen LogP contribution in [0.25, 0.3) is 10.1 Å². The number of hydrogen-bond acceptors (Lipinski definition) is 3. The molecule has 0 saturated heterocycles. The summed E-state index contributed by atoms with van der Waals surface area (Å²) in [6, 6.07) is 5.96. The summed E-state index contributed by atoms with van der Waals surface area (Å²) in [5.41, 5.74) is 1.01. The van der Waals surface area contributed by atoms with Gasteiger partial charge in [0.05, 0.1) is 20.1 Å². The molecule has 1 fully saturated rings. The van der Waals surface area contributed by atoms with Crippen molar-refractivity contribution in [3.8, 4) is 0 Å². The summed E-state index contributed by atoms with van der Waals surface area (Å²) in [6.45, 7) is 7.72. The lowest BCUT2D eigenvalue weighted by molar-refractivity contribution is 0.0934. The summed E-state index contributed by atoms with van der Waals surface area (Å²) in [7, 11) is 0. The molecule has 0 aliphatic heterocycles. The molecule has 1 heterocycles. The molecule has 0 radical (unpaired) electrons. The number of carbonyl (C=O) groups is 1. The van der Waals surface area contributed by atoms with Crippen LogP contribution >= 0.6 is 22.9 Å². The van der Waals surface area contributed by atoms with Crippen LogP contribution in [0.1, 0.15) is 35.0 Å². The maximum Gasteiger partial charge on any atom is 0.261 e. The van der Waals surface area contributed by atoms with E-state index in [1.54, 1.807) is 6.20 Å². The first kappa shape index (κ1) is 15.4. The maximum absolute atomic E-state index is 12.5. The van der Waals surface area contributed by atoms with E-state index in [1.807, 2.05) is 32.0 Å². The standard InChI is InChI=1S/C17H19ClN2OS/c1-4-19-17(7-8-17)11(3)20-16(21)13-9-12-6-5-10(2)14(18)15(12)22-13/h4-6,9,11,19H,1,7-8H2,2-3H3,(H,20,21). The van der Waals surface area contributed by atoms with Crippen LogP contribution in [0.3, 0.4) is 0 Å². The number of thiophene rings is 1. The molecule has 1 unspecified atom stereocenters. The van der Waals surface area contributed by atoms with E-state index in [9.17, 15) is 4.79 Å². The van der Waals surface area contributed by atoms with Crippen molar-refractivity contribution in [3.05, 3.63) is 46.4 Å². The van der Waals surface area contributed by atoms with Crippen LogP contribution in [0.2, 0.25) is 5.02 Å². The Bertz CT molecular complexity index is 748. The van der Waals surface area contributed by atoms with E-state index in [0.29, 0.717) is 4.88 Å². The first-order chi connectivity index (χ1) is 10.5. The van der Waals surface area contributed by atoms with Crippen molar-refractivity contribution in [2.24, 2.45) is 0 Å². The molecule has 1 aromatic carbocycles. The van der Waals surface area contributed by atoms with Gasteiger partial charge in [0.25, 0.3) is 5.91 Å². The van der Waals surface area contributed by atoms with E-state index in [4.69, 9.17) is 11.6 Å². The number of benzene rings is 1. The fraction of sp³-hybridized carbons (Fsp3) is 0.353. The van der Waals surface area contributed by atoms with Crippen LogP contribution in [0, 0.1) is 6.92 Å². The Morgan fingerprint density at radius 2 is 2.23 bits per heavy atom. The third-order valence-corrected chi connectivity index (χ3v) is 6.16. The summed E-state index contributed by atoms with van der Waals surface area (Å²) >= 11 is 7.78. The molecular formula is C17H19ClN2OS. The van der Waals surface area contributed by atoms with Gasteiger partial charge in [-0.25, -0.2) is 0 Å². The van der Waals surface area contributed by atoms with Crippen molar-refractivity contribution >= 4 is 38.9 Å². The van der Waals surface area contributed by atoms with Crippen LogP contribution in [0.4, 0.5) is 0 Å². The quantitative estimate of drug-likeness (QED) is 0.858. The van der Waals surface area contributed by atoms with Crippen molar-refractivity contribution in [1.82, 2.24) is 10.6 Å². The highest BCUT2D eigenvalue weighted by molar-refractivity contribution is 7.21. The molecule has 3 nitrogen and oxygen atoms in total. The number of carbonyl (C=O) groups excluding carboxylic acids is 1. The second-order valence-corrected chi connectivity index (χ2v) is 7.36. The smallest absolute Gasteiger partial charge is 0.261 e. The van der Waals surface area contributed by atoms with E-state index >= 15 is 0 Å². The summed E-state index contributed by atoms with van der Waals surface area (Å²) in [4.78, 5) is 13.2. The van der Waals surface area contributed by atoms with Crippen LogP contribution in [0.15, 0.2) is 31.0 Å². The van der Waals surface area contributed by atoms with Gasteiger partial charge in [-0.1, -0.05) is 30.3 Å². The van der Waals surface area contributed by atoms with Gasteiger partial charge in [0, 0.05) is 6.04 Å². The minimum absolute atomic E-state index is 0.0255. The van der Waals surface area contributed by atoms with Crippen molar-refractivity contribution in [1.29, 1.82) is 0 Å². The van der Waals surface area contributed by atoms with Gasteiger partial charge in [0.2, 0.25) is 0 Å². The topological polar surface area (TPSA) is 41.1 Å². The van der Waals surface area contributed by atoms with Crippen molar-refractivity contribution in [2.75, 3.05) is 0 Å². The van der Waals surface area contributed by atoms with Gasteiger partial charge in [-0.15, -0.1) is 11.3 Å². The third-order valence-electron chi connectivity index (χ3n) is 4.40. The SMILES string of the molecule is C=CNC1(C(C)NC(=O)c2cc3ccc(C)c(Cl)c3s2)CC1. The zero-order valence-electron chi connectivity index (χ0n) is 12.7. The highest BCUT2D eigenvalue weighted by atomic mass is 35.5. The normalized spacial score (nSPS) is 17.0. The van der Waals surface area contributed by atoms with Gasteiger partial charge >= 0.3 is 0 Å². The molecule has 1 aliphatic carbocycles. The molecular weight excluding hydrogens is 316 g/mol. The zero-order valence-corrected chi connectivity index (χ0v) is 14.3. The Kier molecular flexibility index (Phi) is 3.91. The maximum atomic E-state index is 12.5. The second-order valence-electron chi connectivity index (χ2n) is 5.93. The molecule has 1 aromatic heterocycles. The molecule has 1 amide bonds. The molecule has 2 aromatic rings. The van der Waals surface area contributed by atoms with E-state index in [2.05, 4.69) is 17.2 Å². The van der Waals surface area contributed by atoms with E-state index in [-0.39, 0.29) is 17.5 Å². The van der Waals surface area contributed by atoms with Crippen LogP contribution in [-0.4, -0.2) is 17.5 Å². The lowest BCUT2D eigenvalue weighted by Gasteiger charge is -2.24. The average Bonchev–Trinajstić information content (AvgIpc) is 3.13. The Morgan fingerprint density at radius 3 is 2.86 bits per heavy atom. The minimum atomic E-state index is -0.0421. The van der Waals surface area contributed by atoms with Crippen LogP contribution in [-0.2, 0) is 0 Å². The summed E-state index contributed by atoms with van der Waals surface area (Å²) < 4.78 is 0.977. The molecule has 0 spiro atoms. The number of nitrogens with one attached hydrogen (secondary N) is 2. The number of amides is 1. The fourth-order valence-electron chi connectivity index (χ4n) is 2.73. The van der Waals surface area contributed by atoms with Crippen LogP contribution in [0.5, 0.6) is 0 Å². The molecule has 2 N–H and O–H groups in total. The van der Waals surface area contributed by atoms with Gasteiger partial charge in [-0.05, 0) is 49.9 Å². The van der Waals surface area contributed by atoms with Crippen molar-refractivity contribution < 1.29 is 4.79 Å². The second kappa shape index (κ2) is 5.60. The largest absolute Gasteiger partial charge is 0.384 e. The lowest BCUT2D eigenvalue weighted by Crippen LogP contribution is -2.48. The van der Waals surface area contributed by atoms with E-state index in [0.717, 1.165) is 33.5 Å². The van der Waals surface area contributed by atoms with E-state index in [1.165, 1.54) is 11.3 Å². The molecule has 116 valence electrons. The molecule has 1 atom stereocenters. The Labute approximate surface area is 139 Å². The molecule has 0 bridgehead atoms. The monoisotopic (exact) mass is 334 g/mol. The zero-order chi connectivity index (χ0) is 15.9. The van der Waals surface area contributed by atoms with Gasteiger partial charge in [-0.3, -0.25) is 4.79 Å². The van der Waals surface area contributed by atoms with Gasteiger partial charge in [0.1, 0.15) is 0 Å². The number of rotatable bonds is 5. The highest BCUT2D eigenvalue weighted by Gasteiger charge is 2.47. The van der Waals surface area contributed by atoms with Crippen molar-refractivity contribution in [3.63, 3.8) is 0 Å².